The van der Waals surface area contributed by atoms with Crippen LogP contribution >= 0.6 is 0 Å². The molecule has 34 heavy (non-hydrogen) atoms. The van der Waals surface area contributed by atoms with Gasteiger partial charge in [-0.15, -0.1) is 0 Å². The summed E-state index contributed by atoms with van der Waals surface area (Å²) in [6.07, 6.45) is 2.75. The lowest BCUT2D eigenvalue weighted by Gasteiger charge is -2.38. The van der Waals surface area contributed by atoms with Crippen LogP contribution in [0.4, 0.5) is 0 Å². The van der Waals surface area contributed by atoms with Gasteiger partial charge in [-0.3, -0.25) is 19.2 Å². The molecule has 6 atom stereocenters. The van der Waals surface area contributed by atoms with Crippen LogP contribution in [0, 0.1) is 5.92 Å². The lowest BCUT2D eigenvalue weighted by atomic mass is 9.99. The van der Waals surface area contributed by atoms with Crippen LogP contribution in [0.25, 0.3) is 0 Å². The molecule has 188 valence electrons. The standard InChI is InChI=1S/C23H35N5O6/c1-13-9-18-23(33)34-8-6-19(29)27-12-15(24)10-17(27)22(32)26-7-4-3-5-16(26)20(30)25-14(2)21(31)28(18)11-13/h13-18H,3-12,24H2,1-2H3,(H,25,30)/t13-,14+,15+,16+,17+,18+/m1/s1. The highest BCUT2D eigenvalue weighted by molar-refractivity contribution is 5.95. The molecule has 0 spiro atoms. The van der Waals surface area contributed by atoms with Crippen LogP contribution in [-0.2, 0) is 28.7 Å². The van der Waals surface area contributed by atoms with E-state index in [-0.39, 0.29) is 49.3 Å². The van der Waals surface area contributed by atoms with Gasteiger partial charge in [0.1, 0.15) is 30.8 Å². The molecule has 4 aliphatic rings. The summed E-state index contributed by atoms with van der Waals surface area (Å²) < 4.78 is 5.37. The Morgan fingerprint density at radius 2 is 1.65 bits per heavy atom. The van der Waals surface area contributed by atoms with E-state index in [9.17, 15) is 24.0 Å². The van der Waals surface area contributed by atoms with E-state index in [0.717, 1.165) is 12.8 Å². The summed E-state index contributed by atoms with van der Waals surface area (Å²) >= 11 is 0. The van der Waals surface area contributed by atoms with E-state index in [2.05, 4.69) is 5.32 Å². The number of cyclic esters (lactones) is 1. The van der Waals surface area contributed by atoms with Gasteiger partial charge in [-0.1, -0.05) is 6.92 Å². The molecule has 0 saturated carbocycles. The Morgan fingerprint density at radius 1 is 0.882 bits per heavy atom. The SMILES string of the molecule is C[C@@H]1C[C@H]2C(=O)OCCC(=O)N3C[C@@H](N)C[C@H]3C(=O)N3CCCC[C@H]3C(=O)N[C@@H](C)C(=O)N2C1. The number of hydrogen-bond donors (Lipinski definition) is 2. The number of carbonyl (C=O) groups excluding carboxylic acids is 5. The lowest BCUT2D eigenvalue weighted by Crippen LogP contribution is -2.59. The molecule has 4 aliphatic heterocycles. The molecule has 4 amide bonds. The second-order valence-electron chi connectivity index (χ2n) is 10.1. The lowest BCUT2D eigenvalue weighted by molar-refractivity contribution is -0.156. The quantitative estimate of drug-likeness (QED) is 0.426. The predicted molar refractivity (Wildman–Crippen MR) is 120 cm³/mol. The van der Waals surface area contributed by atoms with Crippen LogP contribution in [0.3, 0.4) is 0 Å². The third kappa shape index (κ3) is 4.75. The van der Waals surface area contributed by atoms with E-state index in [1.807, 2.05) is 6.92 Å². The first-order valence-electron chi connectivity index (χ1n) is 12.3. The van der Waals surface area contributed by atoms with E-state index in [1.54, 1.807) is 11.8 Å². The van der Waals surface area contributed by atoms with Crippen LogP contribution in [0.15, 0.2) is 0 Å². The topological polar surface area (TPSA) is 142 Å². The average Bonchev–Trinajstić information content (AvgIpc) is 3.40. The van der Waals surface area contributed by atoms with E-state index in [4.69, 9.17) is 10.5 Å². The zero-order chi connectivity index (χ0) is 24.6. The second-order valence-corrected chi connectivity index (χ2v) is 10.1. The highest BCUT2D eigenvalue weighted by Crippen LogP contribution is 2.27. The number of rotatable bonds is 0. The van der Waals surface area contributed by atoms with Crippen LogP contribution in [-0.4, -0.2) is 101 Å². The Balaban J connectivity index is 1.63. The van der Waals surface area contributed by atoms with Gasteiger partial charge in [-0.2, -0.15) is 0 Å². The fourth-order valence-corrected chi connectivity index (χ4v) is 5.65. The van der Waals surface area contributed by atoms with E-state index >= 15 is 0 Å². The van der Waals surface area contributed by atoms with E-state index in [1.165, 1.54) is 9.80 Å². The molecule has 4 rings (SSSR count). The molecule has 0 aromatic carbocycles. The summed E-state index contributed by atoms with van der Waals surface area (Å²) in [5.41, 5.74) is 6.10. The number of esters is 1. The first kappa shape index (κ1) is 24.4. The second kappa shape index (κ2) is 9.89. The third-order valence-electron chi connectivity index (χ3n) is 7.38. The highest BCUT2D eigenvalue weighted by Gasteiger charge is 2.45. The monoisotopic (exact) mass is 477 g/mol. The molecule has 0 radical (unpaired) electrons. The van der Waals surface area contributed by atoms with Gasteiger partial charge in [0.25, 0.3) is 0 Å². The zero-order valence-corrected chi connectivity index (χ0v) is 19.9. The van der Waals surface area contributed by atoms with Gasteiger partial charge >= 0.3 is 5.97 Å². The number of amides is 4. The molecule has 0 aromatic rings. The molecule has 4 fully saturated rings. The average molecular weight is 478 g/mol. The number of piperidine rings is 1. The Morgan fingerprint density at radius 3 is 2.41 bits per heavy atom. The maximum absolute atomic E-state index is 13.5. The fraction of sp³-hybridized carbons (Fsp3) is 0.783. The largest absolute Gasteiger partial charge is 0.464 e. The van der Waals surface area contributed by atoms with Gasteiger partial charge < -0.3 is 30.5 Å². The summed E-state index contributed by atoms with van der Waals surface area (Å²) in [4.78, 5) is 70.1. The van der Waals surface area contributed by atoms with Crippen LogP contribution in [0.5, 0.6) is 0 Å². The smallest absolute Gasteiger partial charge is 0.328 e. The number of ether oxygens (including phenoxy) is 1. The number of nitrogens with one attached hydrogen (secondary N) is 1. The maximum Gasteiger partial charge on any atom is 0.328 e. The van der Waals surface area contributed by atoms with Crippen molar-refractivity contribution in [2.24, 2.45) is 11.7 Å². The van der Waals surface area contributed by atoms with Crippen molar-refractivity contribution in [3.8, 4) is 0 Å². The molecular weight excluding hydrogens is 442 g/mol. The predicted octanol–water partition coefficient (Wildman–Crippen LogP) is -1.02. The molecular formula is C23H35N5O6. The summed E-state index contributed by atoms with van der Waals surface area (Å²) in [7, 11) is 0. The minimum Gasteiger partial charge on any atom is -0.464 e. The van der Waals surface area contributed by atoms with Crippen molar-refractivity contribution in [2.45, 2.75) is 82.6 Å². The van der Waals surface area contributed by atoms with Crippen molar-refractivity contribution in [3.63, 3.8) is 0 Å². The molecule has 11 nitrogen and oxygen atoms in total. The highest BCUT2D eigenvalue weighted by atomic mass is 16.5. The summed E-state index contributed by atoms with van der Waals surface area (Å²) in [6.45, 7) is 4.46. The van der Waals surface area contributed by atoms with Crippen LogP contribution in [0.2, 0.25) is 0 Å². The summed E-state index contributed by atoms with van der Waals surface area (Å²) in [5.74, 6) is -1.81. The number of nitrogens with zero attached hydrogens (tertiary/aromatic N) is 3. The van der Waals surface area contributed by atoms with Crippen molar-refractivity contribution in [1.29, 1.82) is 0 Å². The van der Waals surface area contributed by atoms with Crippen molar-refractivity contribution < 1.29 is 28.7 Å². The van der Waals surface area contributed by atoms with Crippen molar-refractivity contribution in [2.75, 3.05) is 26.2 Å². The third-order valence-corrected chi connectivity index (χ3v) is 7.38. The molecule has 4 heterocycles. The van der Waals surface area contributed by atoms with Crippen molar-refractivity contribution in [1.82, 2.24) is 20.0 Å². The van der Waals surface area contributed by atoms with E-state index in [0.29, 0.717) is 32.4 Å². The first-order chi connectivity index (χ1) is 16.2. The minimum atomic E-state index is -0.849. The van der Waals surface area contributed by atoms with Gasteiger partial charge in [0.15, 0.2) is 0 Å². The normalized spacial score (nSPS) is 36.1. The molecule has 0 aliphatic carbocycles. The first-order valence-corrected chi connectivity index (χ1v) is 12.3. The number of nitrogens with two attached hydrogens (primary N) is 1. The Labute approximate surface area is 199 Å². The maximum atomic E-state index is 13.5. The van der Waals surface area contributed by atoms with Crippen LogP contribution < -0.4 is 11.1 Å². The zero-order valence-electron chi connectivity index (χ0n) is 19.9. The Hall–Kier alpha value is -2.69. The van der Waals surface area contributed by atoms with E-state index < -0.39 is 36.0 Å². The molecule has 3 N–H and O–H groups in total. The Kier molecular flexibility index (Phi) is 7.11. The molecule has 0 unspecified atom stereocenters. The molecule has 0 bridgehead atoms. The number of carbonyl (C=O) groups is 5. The van der Waals surface area contributed by atoms with Crippen molar-refractivity contribution >= 4 is 29.6 Å². The summed E-state index contributed by atoms with van der Waals surface area (Å²) in [5, 5.41) is 2.77. The number of fused-ring (bicyclic) bond motifs is 3. The summed E-state index contributed by atoms with van der Waals surface area (Å²) in [6, 6.07) is -3.39. The number of hydrogen-bond acceptors (Lipinski definition) is 7. The molecule has 0 aromatic heterocycles. The van der Waals surface area contributed by atoms with Gasteiger partial charge in [-0.05, 0) is 44.9 Å². The van der Waals surface area contributed by atoms with Gasteiger partial charge in [-0.25, -0.2) is 4.79 Å². The van der Waals surface area contributed by atoms with Gasteiger partial charge in [0, 0.05) is 25.7 Å². The van der Waals surface area contributed by atoms with Gasteiger partial charge in [0.2, 0.25) is 23.6 Å². The molecule has 4 saturated heterocycles. The van der Waals surface area contributed by atoms with Crippen LogP contribution in [0.1, 0.15) is 52.4 Å². The van der Waals surface area contributed by atoms with Crippen molar-refractivity contribution in [3.05, 3.63) is 0 Å². The molecule has 11 heteroatoms. The fourth-order valence-electron chi connectivity index (χ4n) is 5.65. The minimum absolute atomic E-state index is 0.0707. The Bertz CT molecular complexity index is 865. The van der Waals surface area contributed by atoms with Gasteiger partial charge in [0.05, 0.1) is 6.42 Å².